The molecule has 1 unspecified atom stereocenters. The highest BCUT2D eigenvalue weighted by molar-refractivity contribution is 5.97. The van der Waals surface area contributed by atoms with Crippen LogP contribution in [0.4, 0.5) is 0 Å². The molecule has 1 fully saturated rings. The Labute approximate surface area is 199 Å². The zero-order chi connectivity index (χ0) is 23.5. The van der Waals surface area contributed by atoms with E-state index < -0.39 is 6.10 Å². The van der Waals surface area contributed by atoms with Crippen LogP contribution in [0.2, 0.25) is 0 Å². The smallest absolute Gasteiger partial charge is 0.257 e. The summed E-state index contributed by atoms with van der Waals surface area (Å²) >= 11 is 0. The second-order valence-corrected chi connectivity index (χ2v) is 9.25. The first-order chi connectivity index (χ1) is 16.5. The molecule has 3 aliphatic heterocycles. The van der Waals surface area contributed by atoms with Crippen LogP contribution < -0.4 is 14.8 Å². The van der Waals surface area contributed by atoms with Gasteiger partial charge in [-0.1, -0.05) is 24.3 Å². The van der Waals surface area contributed by atoms with Crippen molar-refractivity contribution >= 4 is 11.8 Å². The SMILES string of the molecule is O=C1CCC(Oc2ccc3c(c2)OCCN(C[C@H](O)CN2CCc4ccccc4C2)C3=O)CN1. The number of β-amino-alcohol motifs (C(OH)–C–C–N with tert-alkyl or cyclic N) is 1. The summed E-state index contributed by atoms with van der Waals surface area (Å²) in [7, 11) is 0. The number of fused-ring (bicyclic) bond motifs is 2. The molecule has 2 amide bonds. The van der Waals surface area contributed by atoms with Gasteiger partial charge >= 0.3 is 0 Å². The lowest BCUT2D eigenvalue weighted by molar-refractivity contribution is -0.123. The summed E-state index contributed by atoms with van der Waals surface area (Å²) in [6.07, 6.45) is 1.36. The van der Waals surface area contributed by atoms with Crippen LogP contribution in [0.1, 0.15) is 34.3 Å². The minimum absolute atomic E-state index is 0.0445. The van der Waals surface area contributed by atoms with E-state index in [4.69, 9.17) is 9.47 Å². The maximum atomic E-state index is 13.2. The molecule has 0 spiro atoms. The number of ether oxygens (including phenoxy) is 2. The van der Waals surface area contributed by atoms with Crippen LogP contribution >= 0.6 is 0 Å². The van der Waals surface area contributed by atoms with Gasteiger partial charge in [0.05, 0.1) is 24.8 Å². The maximum Gasteiger partial charge on any atom is 0.257 e. The van der Waals surface area contributed by atoms with Crippen LogP contribution in [0.3, 0.4) is 0 Å². The van der Waals surface area contributed by atoms with Crippen molar-refractivity contribution in [3.63, 3.8) is 0 Å². The van der Waals surface area contributed by atoms with Crippen molar-refractivity contribution in [1.29, 1.82) is 0 Å². The number of benzene rings is 2. The lowest BCUT2D eigenvalue weighted by Gasteiger charge is -2.32. The quantitative estimate of drug-likeness (QED) is 0.674. The van der Waals surface area contributed by atoms with Crippen molar-refractivity contribution in [3.8, 4) is 11.5 Å². The predicted molar refractivity (Wildman–Crippen MR) is 126 cm³/mol. The zero-order valence-electron chi connectivity index (χ0n) is 19.2. The molecule has 1 saturated heterocycles. The highest BCUT2D eigenvalue weighted by atomic mass is 16.5. The lowest BCUT2D eigenvalue weighted by Crippen LogP contribution is -2.44. The van der Waals surface area contributed by atoms with Gasteiger partial charge in [-0.05, 0) is 36.1 Å². The summed E-state index contributed by atoms with van der Waals surface area (Å²) < 4.78 is 11.8. The summed E-state index contributed by atoms with van der Waals surface area (Å²) in [6.45, 7) is 3.76. The van der Waals surface area contributed by atoms with E-state index in [1.165, 1.54) is 11.1 Å². The van der Waals surface area contributed by atoms with Gasteiger partial charge in [0.1, 0.15) is 24.2 Å². The first-order valence-corrected chi connectivity index (χ1v) is 12.0. The Morgan fingerprint density at radius 3 is 2.76 bits per heavy atom. The number of piperidine rings is 1. The molecule has 0 aliphatic carbocycles. The topological polar surface area (TPSA) is 91.3 Å². The Hall–Kier alpha value is -3.10. The standard InChI is InChI=1S/C26H31N3O5/c30-20(16-28-10-9-18-3-1-2-4-19(18)15-28)17-29-11-12-33-24-13-21(5-7-23(24)26(29)32)34-22-6-8-25(31)27-14-22/h1-5,7,13,20,22,30H,6,8-12,14-17H2,(H,27,31)/t20-,22?/m1/s1. The van der Waals surface area contributed by atoms with Gasteiger partial charge in [-0.2, -0.15) is 0 Å². The van der Waals surface area contributed by atoms with Gasteiger partial charge in [0.2, 0.25) is 5.91 Å². The third-order valence-electron chi connectivity index (χ3n) is 6.72. The highest BCUT2D eigenvalue weighted by Gasteiger charge is 2.28. The third-order valence-corrected chi connectivity index (χ3v) is 6.72. The maximum absolute atomic E-state index is 13.2. The summed E-state index contributed by atoms with van der Waals surface area (Å²) in [4.78, 5) is 28.5. The summed E-state index contributed by atoms with van der Waals surface area (Å²) in [5, 5.41) is 13.6. The van der Waals surface area contributed by atoms with Gasteiger partial charge in [-0.3, -0.25) is 14.5 Å². The first kappa shape index (κ1) is 22.7. The Morgan fingerprint density at radius 2 is 1.94 bits per heavy atom. The molecule has 3 aliphatic rings. The average Bonchev–Trinajstić information content (AvgIpc) is 2.99. The molecule has 2 aromatic rings. The fraction of sp³-hybridized carbons (Fsp3) is 0.462. The second-order valence-electron chi connectivity index (χ2n) is 9.25. The van der Waals surface area contributed by atoms with Crippen LogP contribution in [-0.2, 0) is 17.8 Å². The van der Waals surface area contributed by atoms with Gasteiger partial charge in [-0.25, -0.2) is 0 Å². The monoisotopic (exact) mass is 465 g/mol. The van der Waals surface area contributed by atoms with E-state index >= 15 is 0 Å². The molecular formula is C26H31N3O5. The minimum atomic E-state index is -0.639. The van der Waals surface area contributed by atoms with Crippen molar-refractivity contribution in [2.75, 3.05) is 39.3 Å². The second kappa shape index (κ2) is 10.0. The van der Waals surface area contributed by atoms with Gasteiger partial charge in [0.15, 0.2) is 0 Å². The van der Waals surface area contributed by atoms with E-state index in [1.54, 1.807) is 23.1 Å². The summed E-state index contributed by atoms with van der Waals surface area (Å²) in [5.74, 6) is 1.01. The number of amides is 2. The van der Waals surface area contributed by atoms with Crippen molar-refractivity contribution in [1.82, 2.24) is 15.1 Å². The van der Waals surface area contributed by atoms with Crippen LogP contribution in [0, 0.1) is 0 Å². The number of aliphatic hydroxyl groups is 1. The molecule has 2 aromatic carbocycles. The molecule has 0 bridgehead atoms. The highest BCUT2D eigenvalue weighted by Crippen LogP contribution is 2.29. The van der Waals surface area contributed by atoms with Crippen molar-refractivity contribution in [2.24, 2.45) is 0 Å². The molecule has 2 atom stereocenters. The molecule has 0 saturated carbocycles. The number of hydrogen-bond donors (Lipinski definition) is 2. The van der Waals surface area contributed by atoms with Gasteiger partial charge in [-0.15, -0.1) is 0 Å². The largest absolute Gasteiger partial charge is 0.491 e. The zero-order valence-corrected chi connectivity index (χ0v) is 19.2. The Morgan fingerprint density at radius 1 is 1.09 bits per heavy atom. The van der Waals surface area contributed by atoms with E-state index in [9.17, 15) is 14.7 Å². The predicted octanol–water partition coefficient (Wildman–Crippen LogP) is 1.60. The lowest BCUT2D eigenvalue weighted by atomic mass is 10.00. The normalized spacial score (nSPS) is 21.6. The fourth-order valence-corrected chi connectivity index (χ4v) is 4.91. The van der Waals surface area contributed by atoms with Gasteiger partial charge in [0, 0.05) is 38.7 Å². The molecule has 180 valence electrons. The van der Waals surface area contributed by atoms with Crippen molar-refractivity contribution < 1.29 is 24.2 Å². The number of carbonyl (C=O) groups excluding carboxylic acids is 2. The Balaban J connectivity index is 1.19. The van der Waals surface area contributed by atoms with Crippen molar-refractivity contribution in [3.05, 3.63) is 59.2 Å². The van der Waals surface area contributed by atoms with Crippen molar-refractivity contribution in [2.45, 2.75) is 38.0 Å². The van der Waals surface area contributed by atoms with E-state index in [0.717, 1.165) is 19.5 Å². The Bertz CT molecular complexity index is 1050. The first-order valence-electron chi connectivity index (χ1n) is 12.0. The average molecular weight is 466 g/mol. The van der Waals surface area contributed by atoms with E-state index in [0.29, 0.717) is 56.1 Å². The summed E-state index contributed by atoms with van der Waals surface area (Å²) in [6, 6.07) is 13.7. The van der Waals surface area contributed by atoms with Crippen LogP contribution in [0.5, 0.6) is 11.5 Å². The van der Waals surface area contributed by atoms with Gasteiger partial charge in [0.25, 0.3) is 5.91 Å². The fourth-order valence-electron chi connectivity index (χ4n) is 4.91. The number of hydrogen-bond acceptors (Lipinski definition) is 6. The van der Waals surface area contributed by atoms with Crippen LogP contribution in [-0.4, -0.2) is 78.3 Å². The number of carbonyl (C=O) groups is 2. The molecular weight excluding hydrogens is 434 g/mol. The van der Waals surface area contributed by atoms with Crippen LogP contribution in [0.15, 0.2) is 42.5 Å². The molecule has 3 heterocycles. The van der Waals surface area contributed by atoms with E-state index in [-0.39, 0.29) is 24.5 Å². The molecule has 8 heteroatoms. The van der Waals surface area contributed by atoms with Crippen LogP contribution in [0.25, 0.3) is 0 Å². The number of aliphatic hydroxyl groups excluding tert-OH is 1. The number of nitrogens with zero attached hydrogens (tertiary/aromatic N) is 2. The summed E-state index contributed by atoms with van der Waals surface area (Å²) in [5.41, 5.74) is 3.16. The third kappa shape index (κ3) is 5.18. The molecule has 8 nitrogen and oxygen atoms in total. The number of nitrogens with one attached hydrogen (secondary N) is 1. The van der Waals surface area contributed by atoms with Gasteiger partial charge < -0.3 is 24.8 Å². The Kier molecular flexibility index (Phi) is 6.69. The van der Waals surface area contributed by atoms with E-state index in [1.807, 2.05) is 0 Å². The molecule has 2 N–H and O–H groups in total. The molecule has 0 radical (unpaired) electrons. The molecule has 0 aromatic heterocycles. The molecule has 5 rings (SSSR count). The number of rotatable bonds is 6. The molecule has 34 heavy (non-hydrogen) atoms. The minimum Gasteiger partial charge on any atom is -0.491 e. The van der Waals surface area contributed by atoms with E-state index in [2.05, 4.69) is 34.5 Å².